The van der Waals surface area contributed by atoms with Crippen molar-refractivity contribution >= 4 is 21.6 Å². The van der Waals surface area contributed by atoms with Crippen molar-refractivity contribution in [3.8, 4) is 0 Å². The number of carbonyl (C=O) groups is 2. The molecule has 0 aliphatic carbocycles. The van der Waals surface area contributed by atoms with Gasteiger partial charge in [-0.05, 0) is 20.9 Å². The fourth-order valence-electron chi connectivity index (χ4n) is 1.89. The Kier molecular flexibility index (Phi) is 10.2. The first-order valence-electron chi connectivity index (χ1n) is 7.07. The molecular weight excluding hydrogens is 310 g/mol. The topological polar surface area (TPSA) is 83.5 Å². The van der Waals surface area contributed by atoms with E-state index in [0.29, 0.717) is 0 Å². The van der Waals surface area contributed by atoms with Gasteiger partial charge in [-0.15, -0.1) is 0 Å². The van der Waals surface area contributed by atoms with E-state index in [4.69, 9.17) is 23.7 Å². The third-order valence-corrected chi connectivity index (χ3v) is 5.33. The minimum atomic E-state index is -1.36. The van der Waals surface area contributed by atoms with Gasteiger partial charge in [0.25, 0.3) is 5.60 Å². The van der Waals surface area contributed by atoms with Crippen LogP contribution in [0.2, 0.25) is 0 Å². The second-order valence-electron chi connectivity index (χ2n) is 4.49. The van der Waals surface area contributed by atoms with Gasteiger partial charge in [0.15, 0.2) is 0 Å². The second-order valence-corrected chi connectivity index (χ2v) is 6.67. The number of methoxy groups -OCH3 is 3. The first kappa shape index (κ1) is 21.0. The van der Waals surface area contributed by atoms with E-state index in [2.05, 4.69) is 0 Å². The largest absolute Gasteiger partial charge is 0.466 e. The highest BCUT2D eigenvalue weighted by Crippen LogP contribution is 2.15. The lowest BCUT2D eigenvalue weighted by Gasteiger charge is -2.34. The van der Waals surface area contributed by atoms with E-state index in [0.717, 1.165) is 0 Å². The average molecular weight is 337 g/mol. The molecule has 9 heteroatoms. The Labute approximate surface area is 133 Å². The fourth-order valence-corrected chi connectivity index (χ4v) is 3.39. The lowest BCUT2D eigenvalue weighted by atomic mass is 10.2. The number of ether oxygens (including phenoxy) is 5. The number of hydrogen-bond acceptors (Lipinski definition) is 8. The molecule has 0 saturated carbocycles. The molecule has 0 radical (unpaired) electrons. The molecule has 1 atom stereocenters. The summed E-state index contributed by atoms with van der Waals surface area (Å²) < 4.78 is 27.4. The maximum Gasteiger partial charge on any atom is 0.323 e. The third-order valence-electron chi connectivity index (χ3n) is 3.13. The quantitative estimate of drug-likeness (QED) is 0.282. The van der Waals surface area contributed by atoms with Gasteiger partial charge in [0.1, 0.15) is 6.04 Å². The van der Waals surface area contributed by atoms with Crippen LogP contribution in [0.1, 0.15) is 20.3 Å². The minimum Gasteiger partial charge on any atom is -0.466 e. The van der Waals surface area contributed by atoms with E-state index in [1.54, 1.807) is 25.5 Å². The van der Waals surface area contributed by atoms with Crippen molar-refractivity contribution in [2.45, 2.75) is 31.9 Å². The lowest BCUT2D eigenvalue weighted by molar-refractivity contribution is -0.297. The maximum atomic E-state index is 12.1. The second kappa shape index (κ2) is 10.7. The maximum absolute atomic E-state index is 12.1. The van der Waals surface area contributed by atoms with Gasteiger partial charge in [-0.25, -0.2) is 0 Å². The number of nitrogens with zero attached hydrogens (tertiary/aromatic N) is 1. The molecule has 8 nitrogen and oxygen atoms in total. The smallest absolute Gasteiger partial charge is 0.323 e. The Morgan fingerprint density at radius 3 is 1.95 bits per heavy atom. The summed E-state index contributed by atoms with van der Waals surface area (Å²) in [5, 5.41) is 0. The Balaban J connectivity index is 5.05. The van der Waals surface area contributed by atoms with E-state index < -0.39 is 33.3 Å². The summed E-state index contributed by atoms with van der Waals surface area (Å²) in [6.45, 7) is 3.91. The van der Waals surface area contributed by atoms with Crippen molar-refractivity contribution < 1.29 is 33.3 Å². The average Bonchev–Trinajstić information content (AvgIpc) is 2.50. The van der Waals surface area contributed by atoms with E-state index in [1.165, 1.54) is 21.3 Å². The predicted molar refractivity (Wildman–Crippen MR) is 81.7 cm³/mol. The van der Waals surface area contributed by atoms with Crippen LogP contribution in [-0.2, 0) is 33.3 Å². The van der Waals surface area contributed by atoms with Gasteiger partial charge < -0.3 is 28.2 Å². The number of carbonyl (C=O) groups excluding carboxylic acids is 2. The number of hydrogen-bond donors (Lipinski definition) is 0. The summed E-state index contributed by atoms with van der Waals surface area (Å²) in [5.74, 6) is -0.943. The summed E-state index contributed by atoms with van der Waals surface area (Å²) >= 11 is 0. The molecule has 0 aromatic carbocycles. The van der Waals surface area contributed by atoms with Crippen LogP contribution in [0.5, 0.6) is 0 Å². The first-order chi connectivity index (χ1) is 10.4. The zero-order valence-corrected chi connectivity index (χ0v) is 15.6. The molecule has 0 fully saturated rings. The molecule has 130 valence electrons. The van der Waals surface area contributed by atoms with Crippen LogP contribution in [0.25, 0.3) is 0 Å². The summed E-state index contributed by atoms with van der Waals surface area (Å²) in [4.78, 5) is 23.8. The molecule has 0 saturated heterocycles. The molecule has 0 aromatic heterocycles. The van der Waals surface area contributed by atoms with E-state index in [1.807, 2.05) is 0 Å². The van der Waals surface area contributed by atoms with Gasteiger partial charge in [-0.1, -0.05) is 0 Å². The van der Waals surface area contributed by atoms with Gasteiger partial charge in [0.05, 0.1) is 19.6 Å². The summed E-state index contributed by atoms with van der Waals surface area (Å²) in [5.41, 5.74) is -1.20. The molecule has 22 heavy (non-hydrogen) atoms. The molecule has 0 amide bonds. The molecule has 0 bridgehead atoms. The van der Waals surface area contributed by atoms with Crippen molar-refractivity contribution in [3.05, 3.63) is 0 Å². The summed E-state index contributed by atoms with van der Waals surface area (Å²) in [6.07, 6.45) is -0.0939. The Morgan fingerprint density at radius 2 is 1.55 bits per heavy atom. The molecule has 0 aliphatic heterocycles. The van der Waals surface area contributed by atoms with Crippen molar-refractivity contribution in [3.63, 3.8) is 0 Å². The highest BCUT2D eigenvalue weighted by molar-refractivity contribution is 6.35. The Bertz CT molecular complexity index is 341. The Morgan fingerprint density at radius 1 is 1.05 bits per heavy atom. The zero-order chi connectivity index (χ0) is 17.2. The molecular formula is C13H27NO7Si. The van der Waals surface area contributed by atoms with Crippen molar-refractivity contribution in [1.29, 1.82) is 0 Å². The third kappa shape index (κ3) is 6.40. The fraction of sp³-hybridized carbons (Fsp3) is 0.846. The van der Waals surface area contributed by atoms with Gasteiger partial charge in [0, 0.05) is 21.3 Å². The Hall–Kier alpha value is -1.00. The van der Waals surface area contributed by atoms with Crippen molar-refractivity contribution in [2.75, 3.05) is 41.6 Å². The standard InChI is InChI=1S/C13H27NO7Si/c1-7-20-11(15)9-10(12(16)21-8-2)14(3)22-13(17-4,18-5)19-6/h10H,7-9,22H2,1-6H3/t10-/m0/s1. The molecule has 0 unspecified atom stereocenters. The van der Waals surface area contributed by atoms with Crippen molar-refractivity contribution in [1.82, 2.24) is 4.57 Å². The highest BCUT2D eigenvalue weighted by atomic mass is 28.2. The van der Waals surface area contributed by atoms with Crippen LogP contribution >= 0.6 is 0 Å². The van der Waals surface area contributed by atoms with Crippen LogP contribution in [-0.4, -0.2) is 79.4 Å². The highest BCUT2D eigenvalue weighted by Gasteiger charge is 2.37. The molecule has 0 spiro atoms. The van der Waals surface area contributed by atoms with Gasteiger partial charge in [-0.2, -0.15) is 0 Å². The predicted octanol–water partition coefficient (Wildman–Crippen LogP) is -0.563. The number of esters is 2. The van der Waals surface area contributed by atoms with Crippen LogP contribution in [0.4, 0.5) is 0 Å². The zero-order valence-electron chi connectivity index (χ0n) is 14.2. The van der Waals surface area contributed by atoms with Crippen LogP contribution in [0, 0.1) is 0 Å². The molecule has 0 rings (SSSR count). The molecule has 0 N–H and O–H groups in total. The van der Waals surface area contributed by atoms with Crippen LogP contribution in [0.15, 0.2) is 0 Å². The number of rotatable bonds is 11. The molecule has 0 heterocycles. The lowest BCUT2D eigenvalue weighted by Crippen LogP contribution is -2.55. The molecule has 0 aromatic rings. The minimum absolute atomic E-state index is 0.0939. The number of likely N-dealkylation sites (N-methyl/N-ethyl adjacent to an activating group) is 1. The van der Waals surface area contributed by atoms with Crippen LogP contribution in [0.3, 0.4) is 0 Å². The molecule has 0 aliphatic rings. The van der Waals surface area contributed by atoms with Gasteiger partial charge >= 0.3 is 11.9 Å². The first-order valence-corrected chi connectivity index (χ1v) is 8.41. The van der Waals surface area contributed by atoms with E-state index >= 15 is 0 Å². The SMILES string of the molecule is CCOC(=O)C[C@@H](C(=O)OCC)N(C)[SiH2]C(OC)(OC)OC. The summed E-state index contributed by atoms with van der Waals surface area (Å²) in [7, 11) is 4.71. The monoisotopic (exact) mass is 337 g/mol. The summed E-state index contributed by atoms with van der Waals surface area (Å²) in [6, 6.07) is -0.759. The van der Waals surface area contributed by atoms with E-state index in [9.17, 15) is 9.59 Å². The van der Waals surface area contributed by atoms with Crippen molar-refractivity contribution in [2.24, 2.45) is 0 Å². The van der Waals surface area contributed by atoms with Gasteiger partial charge in [-0.3, -0.25) is 9.59 Å². The van der Waals surface area contributed by atoms with Gasteiger partial charge in [0.2, 0.25) is 9.68 Å². The van der Waals surface area contributed by atoms with E-state index in [-0.39, 0.29) is 19.6 Å². The van der Waals surface area contributed by atoms with Crippen LogP contribution < -0.4 is 0 Å². The normalized spacial score (nSPS) is 13.6.